The molecule has 0 atom stereocenters. The topological polar surface area (TPSA) is 41.5 Å². The minimum Gasteiger partial charge on any atom is -0.504 e. The lowest BCUT2D eigenvalue weighted by Gasteiger charge is -2.09. The van der Waals surface area contributed by atoms with Crippen LogP contribution in [-0.2, 0) is 13.1 Å². The summed E-state index contributed by atoms with van der Waals surface area (Å²) in [6, 6.07) is 13.2. The van der Waals surface area contributed by atoms with Crippen LogP contribution in [0.2, 0.25) is 5.02 Å². The third-order valence-corrected chi connectivity index (χ3v) is 3.11. The molecule has 2 rings (SSSR count). The molecule has 0 unspecified atom stereocenters. The van der Waals surface area contributed by atoms with Crippen molar-refractivity contribution in [2.75, 3.05) is 6.61 Å². The van der Waals surface area contributed by atoms with E-state index in [1.807, 2.05) is 43.3 Å². The van der Waals surface area contributed by atoms with Crippen molar-refractivity contribution in [3.05, 3.63) is 58.6 Å². The molecule has 0 fully saturated rings. The van der Waals surface area contributed by atoms with E-state index in [2.05, 4.69) is 5.32 Å². The summed E-state index contributed by atoms with van der Waals surface area (Å²) in [5, 5.41) is 13.7. The van der Waals surface area contributed by atoms with Gasteiger partial charge in [-0.05, 0) is 42.3 Å². The highest BCUT2D eigenvalue weighted by Crippen LogP contribution is 2.26. The first-order valence-corrected chi connectivity index (χ1v) is 6.96. The maximum atomic E-state index is 9.64. The maximum absolute atomic E-state index is 9.64. The van der Waals surface area contributed by atoms with E-state index >= 15 is 0 Å². The molecule has 0 amide bonds. The lowest BCUT2D eigenvalue weighted by molar-refractivity contribution is 0.317. The summed E-state index contributed by atoms with van der Waals surface area (Å²) in [5.74, 6) is 0.694. The van der Waals surface area contributed by atoms with Crippen LogP contribution in [-0.4, -0.2) is 11.7 Å². The summed E-state index contributed by atoms with van der Waals surface area (Å²) in [5.41, 5.74) is 2.20. The van der Waals surface area contributed by atoms with E-state index in [1.54, 1.807) is 6.07 Å². The lowest BCUT2D eigenvalue weighted by Crippen LogP contribution is -2.12. The molecule has 20 heavy (non-hydrogen) atoms. The second-order valence-electron chi connectivity index (χ2n) is 4.47. The van der Waals surface area contributed by atoms with Crippen molar-refractivity contribution in [3.63, 3.8) is 0 Å². The summed E-state index contributed by atoms with van der Waals surface area (Å²) >= 11 is 5.94. The Balaban J connectivity index is 1.92. The largest absolute Gasteiger partial charge is 0.504 e. The molecule has 0 spiro atoms. The van der Waals surface area contributed by atoms with Gasteiger partial charge in [0.05, 0.1) is 6.61 Å². The van der Waals surface area contributed by atoms with Crippen molar-refractivity contribution in [1.29, 1.82) is 0 Å². The Morgan fingerprint density at radius 1 is 1.10 bits per heavy atom. The van der Waals surface area contributed by atoms with E-state index in [9.17, 15) is 5.11 Å². The van der Waals surface area contributed by atoms with Crippen LogP contribution >= 0.6 is 11.6 Å². The normalized spacial score (nSPS) is 10.5. The number of rotatable bonds is 6. The highest BCUT2D eigenvalue weighted by atomic mass is 35.5. The Labute approximate surface area is 124 Å². The van der Waals surface area contributed by atoms with Crippen molar-refractivity contribution in [1.82, 2.24) is 5.32 Å². The molecule has 0 aliphatic heterocycles. The highest BCUT2D eigenvalue weighted by molar-refractivity contribution is 6.30. The van der Waals surface area contributed by atoms with Crippen LogP contribution in [0.5, 0.6) is 11.5 Å². The molecular weight excluding hydrogens is 274 g/mol. The number of nitrogens with one attached hydrogen (secondary N) is 1. The molecule has 0 aliphatic rings. The van der Waals surface area contributed by atoms with Crippen molar-refractivity contribution < 1.29 is 9.84 Å². The average molecular weight is 292 g/mol. The summed E-state index contributed by atoms with van der Waals surface area (Å²) < 4.78 is 5.36. The van der Waals surface area contributed by atoms with Gasteiger partial charge in [-0.1, -0.05) is 29.8 Å². The van der Waals surface area contributed by atoms with Gasteiger partial charge in [-0.15, -0.1) is 0 Å². The van der Waals surface area contributed by atoms with E-state index in [4.69, 9.17) is 16.3 Å². The third kappa shape index (κ3) is 4.15. The summed E-state index contributed by atoms with van der Waals surface area (Å²) in [6.07, 6.45) is 0. The molecule has 3 nitrogen and oxygen atoms in total. The molecule has 0 aromatic heterocycles. The highest BCUT2D eigenvalue weighted by Gasteiger charge is 2.03. The fraction of sp³-hybridized carbons (Fsp3) is 0.250. The molecule has 2 aromatic carbocycles. The summed E-state index contributed by atoms with van der Waals surface area (Å²) in [7, 11) is 0. The van der Waals surface area contributed by atoms with E-state index in [1.165, 1.54) is 0 Å². The Bertz CT molecular complexity index is 572. The van der Waals surface area contributed by atoms with Gasteiger partial charge in [-0.25, -0.2) is 0 Å². The zero-order valence-electron chi connectivity index (χ0n) is 11.4. The molecule has 0 saturated carbocycles. The van der Waals surface area contributed by atoms with Crippen molar-refractivity contribution in [2.45, 2.75) is 20.0 Å². The van der Waals surface area contributed by atoms with Crippen LogP contribution in [0.3, 0.4) is 0 Å². The zero-order valence-corrected chi connectivity index (χ0v) is 12.2. The van der Waals surface area contributed by atoms with Gasteiger partial charge < -0.3 is 15.2 Å². The van der Waals surface area contributed by atoms with E-state index in [0.29, 0.717) is 18.9 Å². The van der Waals surface area contributed by atoms with Crippen molar-refractivity contribution in [3.8, 4) is 11.5 Å². The van der Waals surface area contributed by atoms with Gasteiger partial charge in [0.1, 0.15) is 0 Å². The third-order valence-electron chi connectivity index (χ3n) is 2.87. The van der Waals surface area contributed by atoms with Crippen LogP contribution in [0, 0.1) is 0 Å². The molecule has 0 radical (unpaired) electrons. The van der Waals surface area contributed by atoms with Crippen LogP contribution in [0.15, 0.2) is 42.5 Å². The fourth-order valence-electron chi connectivity index (χ4n) is 1.94. The Kier molecular flexibility index (Phi) is 5.27. The number of benzene rings is 2. The quantitative estimate of drug-likeness (QED) is 0.852. The summed E-state index contributed by atoms with van der Waals surface area (Å²) in [4.78, 5) is 0. The molecule has 2 N–H and O–H groups in total. The summed E-state index contributed by atoms with van der Waals surface area (Å²) in [6.45, 7) is 3.87. The number of aromatic hydroxyl groups is 1. The zero-order chi connectivity index (χ0) is 14.4. The average Bonchev–Trinajstić information content (AvgIpc) is 2.43. The second-order valence-corrected chi connectivity index (χ2v) is 4.90. The molecule has 106 valence electrons. The standard InChI is InChI=1S/C16H18ClNO2/c1-2-20-16-9-13(6-7-15(16)19)11-18-10-12-4-3-5-14(17)8-12/h3-9,18-19H,2,10-11H2,1H3. The predicted octanol–water partition coefficient (Wildman–Crippen LogP) is 3.73. The number of ether oxygens (including phenoxy) is 1. The minimum absolute atomic E-state index is 0.172. The lowest BCUT2D eigenvalue weighted by atomic mass is 10.2. The first-order valence-electron chi connectivity index (χ1n) is 6.59. The minimum atomic E-state index is 0.172. The number of phenolic OH excluding ortho intramolecular Hbond substituents is 1. The molecule has 0 saturated heterocycles. The van der Waals surface area contributed by atoms with Gasteiger partial charge in [0.15, 0.2) is 11.5 Å². The van der Waals surface area contributed by atoms with Gasteiger partial charge in [-0.3, -0.25) is 0 Å². The fourth-order valence-corrected chi connectivity index (χ4v) is 2.15. The number of phenols is 1. The van der Waals surface area contributed by atoms with Crippen LogP contribution < -0.4 is 10.1 Å². The van der Waals surface area contributed by atoms with Gasteiger partial charge in [-0.2, -0.15) is 0 Å². The smallest absolute Gasteiger partial charge is 0.161 e. The van der Waals surface area contributed by atoms with Crippen LogP contribution in [0.1, 0.15) is 18.1 Å². The molecule has 2 aromatic rings. The maximum Gasteiger partial charge on any atom is 0.161 e. The number of hydrogen-bond donors (Lipinski definition) is 2. The first kappa shape index (κ1) is 14.7. The number of hydrogen-bond acceptors (Lipinski definition) is 3. The van der Waals surface area contributed by atoms with Crippen molar-refractivity contribution >= 4 is 11.6 Å². The molecule has 0 bridgehead atoms. The monoisotopic (exact) mass is 291 g/mol. The molecule has 4 heteroatoms. The van der Waals surface area contributed by atoms with Gasteiger partial charge in [0.2, 0.25) is 0 Å². The SMILES string of the molecule is CCOc1cc(CNCc2cccc(Cl)c2)ccc1O. The Hall–Kier alpha value is -1.71. The Morgan fingerprint density at radius 2 is 1.85 bits per heavy atom. The molecule has 0 aliphatic carbocycles. The molecular formula is C16H18ClNO2. The van der Waals surface area contributed by atoms with Gasteiger partial charge in [0, 0.05) is 18.1 Å². The van der Waals surface area contributed by atoms with E-state index < -0.39 is 0 Å². The second kappa shape index (κ2) is 7.17. The van der Waals surface area contributed by atoms with Gasteiger partial charge in [0.25, 0.3) is 0 Å². The Morgan fingerprint density at radius 3 is 2.55 bits per heavy atom. The van der Waals surface area contributed by atoms with E-state index in [-0.39, 0.29) is 5.75 Å². The van der Waals surface area contributed by atoms with Gasteiger partial charge >= 0.3 is 0 Å². The first-order chi connectivity index (χ1) is 9.69. The van der Waals surface area contributed by atoms with E-state index in [0.717, 1.165) is 22.7 Å². The van der Waals surface area contributed by atoms with Crippen molar-refractivity contribution in [2.24, 2.45) is 0 Å². The molecule has 0 heterocycles. The predicted molar refractivity (Wildman–Crippen MR) is 81.3 cm³/mol. The van der Waals surface area contributed by atoms with Crippen LogP contribution in [0.25, 0.3) is 0 Å². The van der Waals surface area contributed by atoms with Crippen LogP contribution in [0.4, 0.5) is 0 Å². The number of halogens is 1.